The predicted octanol–water partition coefficient (Wildman–Crippen LogP) is 3.09. The molecule has 1 aromatic carbocycles. The fraction of sp³-hybridized carbons (Fsp3) is 0.538. The van der Waals surface area contributed by atoms with Crippen molar-refractivity contribution in [2.24, 2.45) is 0 Å². The highest BCUT2D eigenvalue weighted by molar-refractivity contribution is 6.65. The Morgan fingerprint density at radius 3 is 2.11 bits per heavy atom. The van der Waals surface area contributed by atoms with Gasteiger partial charge in [-0.15, -0.1) is 0 Å². The number of hydrogen-bond donors (Lipinski definition) is 0. The molecular formula is C13H17BClFO2. The maximum absolute atomic E-state index is 13.8. The number of benzene rings is 1. The maximum Gasteiger partial charge on any atom is 0.496 e. The summed E-state index contributed by atoms with van der Waals surface area (Å²) >= 11 is 6.03. The van der Waals surface area contributed by atoms with Crippen molar-refractivity contribution < 1.29 is 13.7 Å². The van der Waals surface area contributed by atoms with Gasteiger partial charge in [0.05, 0.1) is 16.2 Å². The van der Waals surface area contributed by atoms with Crippen LogP contribution in [0.25, 0.3) is 0 Å². The molecule has 2 nitrogen and oxygen atoms in total. The lowest BCUT2D eigenvalue weighted by atomic mass is 9.78. The van der Waals surface area contributed by atoms with E-state index in [2.05, 4.69) is 0 Å². The van der Waals surface area contributed by atoms with Crippen LogP contribution in [0.15, 0.2) is 12.1 Å². The molecule has 0 aromatic heterocycles. The quantitative estimate of drug-likeness (QED) is 0.730. The van der Waals surface area contributed by atoms with E-state index in [1.165, 1.54) is 0 Å². The van der Waals surface area contributed by atoms with Gasteiger partial charge in [-0.05, 0) is 40.2 Å². The molecule has 0 spiro atoms. The smallest absolute Gasteiger partial charge is 0.399 e. The summed E-state index contributed by atoms with van der Waals surface area (Å²) in [5.74, 6) is -0.413. The largest absolute Gasteiger partial charge is 0.496 e. The van der Waals surface area contributed by atoms with E-state index in [0.29, 0.717) is 11.0 Å². The average molecular weight is 271 g/mol. The van der Waals surface area contributed by atoms with Gasteiger partial charge >= 0.3 is 7.12 Å². The normalized spacial score (nSPS) is 21.4. The molecule has 0 unspecified atom stereocenters. The lowest BCUT2D eigenvalue weighted by molar-refractivity contribution is 0.00578. The fourth-order valence-electron chi connectivity index (χ4n) is 1.81. The summed E-state index contributed by atoms with van der Waals surface area (Å²) in [6.45, 7) is 9.48. The van der Waals surface area contributed by atoms with Gasteiger partial charge in [-0.25, -0.2) is 4.39 Å². The summed E-state index contributed by atoms with van der Waals surface area (Å²) < 4.78 is 25.5. The van der Waals surface area contributed by atoms with Crippen LogP contribution in [0.2, 0.25) is 5.02 Å². The summed E-state index contributed by atoms with van der Waals surface area (Å²) in [5, 5.41) is 0.0773. The highest BCUT2D eigenvalue weighted by Gasteiger charge is 2.52. The van der Waals surface area contributed by atoms with E-state index >= 15 is 0 Å². The van der Waals surface area contributed by atoms with Gasteiger partial charge in [0.15, 0.2) is 0 Å². The van der Waals surface area contributed by atoms with Gasteiger partial charge in [-0.2, -0.15) is 0 Å². The minimum atomic E-state index is -0.627. The number of aryl methyl sites for hydroxylation is 1. The molecule has 0 aliphatic carbocycles. The fourth-order valence-corrected chi connectivity index (χ4v) is 2.11. The number of rotatable bonds is 1. The lowest BCUT2D eigenvalue weighted by Crippen LogP contribution is -2.41. The molecular weight excluding hydrogens is 253 g/mol. The van der Waals surface area contributed by atoms with E-state index in [4.69, 9.17) is 20.9 Å². The zero-order chi connectivity index (χ0) is 13.7. The van der Waals surface area contributed by atoms with Gasteiger partial charge in [-0.1, -0.05) is 23.7 Å². The number of halogens is 2. The van der Waals surface area contributed by atoms with Crippen molar-refractivity contribution in [2.45, 2.75) is 45.8 Å². The summed E-state index contributed by atoms with van der Waals surface area (Å²) in [7, 11) is -0.627. The molecule has 0 radical (unpaired) electrons. The first-order chi connectivity index (χ1) is 8.16. The molecule has 1 fully saturated rings. The summed E-state index contributed by atoms with van der Waals surface area (Å²) in [6.07, 6.45) is 0. The zero-order valence-electron chi connectivity index (χ0n) is 11.3. The maximum atomic E-state index is 13.8. The summed E-state index contributed by atoms with van der Waals surface area (Å²) in [5.41, 5.74) is 0.142. The monoisotopic (exact) mass is 270 g/mol. The Morgan fingerprint density at radius 2 is 1.61 bits per heavy atom. The second-order valence-corrected chi connectivity index (χ2v) is 6.07. The Morgan fingerprint density at radius 1 is 1.11 bits per heavy atom. The van der Waals surface area contributed by atoms with Crippen LogP contribution in [0.4, 0.5) is 4.39 Å². The Labute approximate surface area is 113 Å². The van der Waals surface area contributed by atoms with Crippen molar-refractivity contribution in [2.75, 3.05) is 0 Å². The van der Waals surface area contributed by atoms with Crippen LogP contribution < -0.4 is 5.46 Å². The number of hydrogen-bond acceptors (Lipinski definition) is 2. The lowest BCUT2D eigenvalue weighted by Gasteiger charge is -2.32. The first-order valence-electron chi connectivity index (χ1n) is 5.96. The van der Waals surface area contributed by atoms with Crippen LogP contribution in [0.3, 0.4) is 0 Å². The van der Waals surface area contributed by atoms with Crippen LogP contribution in [-0.4, -0.2) is 18.3 Å². The van der Waals surface area contributed by atoms with Crippen molar-refractivity contribution in [1.29, 1.82) is 0 Å². The molecule has 1 aliphatic rings. The van der Waals surface area contributed by atoms with Crippen molar-refractivity contribution in [3.63, 3.8) is 0 Å². The van der Waals surface area contributed by atoms with Gasteiger partial charge in [0, 0.05) is 5.46 Å². The third-order valence-electron chi connectivity index (χ3n) is 3.81. The first-order valence-corrected chi connectivity index (χ1v) is 6.33. The molecule has 18 heavy (non-hydrogen) atoms. The third kappa shape index (κ3) is 2.06. The third-order valence-corrected chi connectivity index (χ3v) is 4.20. The second kappa shape index (κ2) is 4.22. The molecule has 0 amide bonds. The average Bonchev–Trinajstić information content (AvgIpc) is 2.45. The van der Waals surface area contributed by atoms with Gasteiger partial charge in [0.1, 0.15) is 5.82 Å². The zero-order valence-corrected chi connectivity index (χ0v) is 12.1. The van der Waals surface area contributed by atoms with Crippen LogP contribution in [0, 0.1) is 12.7 Å². The summed E-state index contributed by atoms with van der Waals surface area (Å²) in [4.78, 5) is 0. The van der Waals surface area contributed by atoms with Crippen molar-refractivity contribution in [1.82, 2.24) is 0 Å². The van der Waals surface area contributed by atoms with Gasteiger partial charge < -0.3 is 9.31 Å². The first kappa shape index (κ1) is 13.8. The molecule has 98 valence electrons. The Hall–Kier alpha value is -0.575. The van der Waals surface area contributed by atoms with Crippen molar-refractivity contribution in [3.8, 4) is 0 Å². The molecule has 0 saturated carbocycles. The van der Waals surface area contributed by atoms with Gasteiger partial charge in [0.25, 0.3) is 0 Å². The predicted molar refractivity (Wildman–Crippen MR) is 71.9 cm³/mol. The molecule has 2 rings (SSSR count). The minimum absolute atomic E-state index is 0.0773. The minimum Gasteiger partial charge on any atom is -0.399 e. The Kier molecular flexibility index (Phi) is 3.25. The van der Waals surface area contributed by atoms with Crippen molar-refractivity contribution in [3.05, 3.63) is 28.5 Å². The molecule has 0 N–H and O–H groups in total. The van der Waals surface area contributed by atoms with E-state index in [1.807, 2.05) is 27.7 Å². The van der Waals surface area contributed by atoms with E-state index in [0.717, 1.165) is 0 Å². The Bertz CT molecular complexity index is 472. The van der Waals surface area contributed by atoms with E-state index in [9.17, 15) is 4.39 Å². The second-order valence-electron chi connectivity index (χ2n) is 5.69. The molecule has 0 atom stereocenters. The Balaban J connectivity index is 2.39. The topological polar surface area (TPSA) is 18.5 Å². The van der Waals surface area contributed by atoms with Crippen LogP contribution in [0.5, 0.6) is 0 Å². The molecule has 1 aliphatic heterocycles. The molecule has 1 aromatic rings. The molecule has 1 heterocycles. The highest BCUT2D eigenvalue weighted by atomic mass is 35.5. The van der Waals surface area contributed by atoms with E-state index in [-0.39, 0.29) is 5.02 Å². The van der Waals surface area contributed by atoms with Crippen LogP contribution >= 0.6 is 11.6 Å². The van der Waals surface area contributed by atoms with Crippen LogP contribution in [-0.2, 0) is 9.31 Å². The SMILES string of the molecule is Cc1ccc(B2OC(C)(C)C(C)(C)O2)c(Cl)c1F. The van der Waals surface area contributed by atoms with Gasteiger partial charge in [0.2, 0.25) is 0 Å². The molecule has 5 heteroatoms. The molecule has 1 saturated heterocycles. The van der Waals surface area contributed by atoms with Gasteiger partial charge in [-0.3, -0.25) is 0 Å². The van der Waals surface area contributed by atoms with Crippen LogP contribution in [0.1, 0.15) is 33.3 Å². The summed E-state index contributed by atoms with van der Waals surface area (Å²) in [6, 6.07) is 3.43. The van der Waals surface area contributed by atoms with E-state index < -0.39 is 24.1 Å². The van der Waals surface area contributed by atoms with Crippen molar-refractivity contribution >= 4 is 24.2 Å². The molecule has 0 bridgehead atoms. The standard InChI is InChI=1S/C13H17BClFO2/c1-8-6-7-9(10(15)11(8)16)14-17-12(2,3)13(4,5)18-14/h6-7H,1-5H3. The highest BCUT2D eigenvalue weighted by Crippen LogP contribution is 2.37. The van der Waals surface area contributed by atoms with E-state index in [1.54, 1.807) is 19.1 Å².